The van der Waals surface area contributed by atoms with Gasteiger partial charge in [0.25, 0.3) is 0 Å². The van der Waals surface area contributed by atoms with E-state index in [1.54, 1.807) is 6.92 Å². The Labute approximate surface area is 71.0 Å². The van der Waals surface area contributed by atoms with Crippen molar-refractivity contribution < 1.29 is 9.53 Å². The fraction of sp³-hybridized carbons (Fsp3) is 0.750. The molecule has 0 aromatic rings. The standard InChI is InChI=1S/C8H12N2O2/c1-5-8(11)10-7(9-5)6-3-2-4-12-6/h5-6H,2-4H2,1H3,(H,9,10,11). The number of carbonyl (C=O) groups excluding carboxylic acids is 1. The van der Waals surface area contributed by atoms with Crippen molar-refractivity contribution >= 4 is 11.7 Å². The first kappa shape index (κ1) is 7.73. The summed E-state index contributed by atoms with van der Waals surface area (Å²) in [6.45, 7) is 2.57. The van der Waals surface area contributed by atoms with Gasteiger partial charge in [0.15, 0.2) is 0 Å². The van der Waals surface area contributed by atoms with Crippen LogP contribution in [0, 0.1) is 0 Å². The molecule has 4 nitrogen and oxygen atoms in total. The van der Waals surface area contributed by atoms with Gasteiger partial charge in [-0.25, -0.2) is 0 Å². The molecule has 0 aromatic carbocycles. The van der Waals surface area contributed by atoms with Crippen molar-refractivity contribution in [1.82, 2.24) is 5.32 Å². The summed E-state index contributed by atoms with van der Waals surface area (Å²) in [4.78, 5) is 15.2. The van der Waals surface area contributed by atoms with Crippen LogP contribution >= 0.6 is 0 Å². The first-order chi connectivity index (χ1) is 5.77. The predicted molar refractivity (Wildman–Crippen MR) is 44.0 cm³/mol. The van der Waals surface area contributed by atoms with Gasteiger partial charge in [-0.3, -0.25) is 9.79 Å². The number of hydrogen-bond acceptors (Lipinski definition) is 3. The fourth-order valence-corrected chi connectivity index (χ4v) is 1.49. The lowest BCUT2D eigenvalue weighted by molar-refractivity contribution is -0.119. The Bertz CT molecular complexity index is 231. The van der Waals surface area contributed by atoms with Crippen LogP contribution in [0.2, 0.25) is 0 Å². The molecule has 0 aliphatic carbocycles. The highest BCUT2D eigenvalue weighted by Gasteiger charge is 2.29. The molecule has 1 saturated heterocycles. The molecular weight excluding hydrogens is 156 g/mol. The van der Waals surface area contributed by atoms with Gasteiger partial charge in [0.1, 0.15) is 18.0 Å². The summed E-state index contributed by atoms with van der Waals surface area (Å²) >= 11 is 0. The smallest absolute Gasteiger partial charge is 0.249 e. The zero-order valence-corrected chi connectivity index (χ0v) is 7.04. The minimum absolute atomic E-state index is 0.0134. The number of nitrogens with one attached hydrogen (secondary N) is 1. The number of amides is 1. The van der Waals surface area contributed by atoms with Crippen molar-refractivity contribution in [3.05, 3.63) is 0 Å². The van der Waals surface area contributed by atoms with E-state index < -0.39 is 0 Å². The summed E-state index contributed by atoms with van der Waals surface area (Å²) in [6.07, 6.45) is 2.08. The van der Waals surface area contributed by atoms with E-state index in [0.29, 0.717) is 0 Å². The third-order valence-corrected chi connectivity index (χ3v) is 2.20. The Morgan fingerprint density at radius 3 is 3.00 bits per heavy atom. The summed E-state index contributed by atoms with van der Waals surface area (Å²) < 4.78 is 5.39. The lowest BCUT2D eigenvalue weighted by Crippen LogP contribution is -2.34. The molecule has 12 heavy (non-hydrogen) atoms. The van der Waals surface area contributed by atoms with E-state index in [0.717, 1.165) is 25.3 Å². The van der Waals surface area contributed by atoms with Crippen molar-refractivity contribution in [2.45, 2.75) is 31.9 Å². The summed E-state index contributed by atoms with van der Waals surface area (Å²) in [6, 6.07) is -0.232. The molecule has 4 heteroatoms. The first-order valence-corrected chi connectivity index (χ1v) is 4.27. The van der Waals surface area contributed by atoms with E-state index in [1.807, 2.05) is 0 Å². The summed E-state index contributed by atoms with van der Waals surface area (Å²) in [7, 11) is 0. The molecule has 1 N–H and O–H groups in total. The quantitative estimate of drug-likeness (QED) is 0.603. The zero-order chi connectivity index (χ0) is 8.55. The van der Waals surface area contributed by atoms with Gasteiger partial charge < -0.3 is 10.1 Å². The third kappa shape index (κ3) is 1.22. The minimum Gasteiger partial charge on any atom is -0.370 e. The molecule has 0 saturated carbocycles. The molecule has 2 heterocycles. The fourth-order valence-electron chi connectivity index (χ4n) is 1.49. The molecule has 2 atom stereocenters. The van der Waals surface area contributed by atoms with E-state index in [4.69, 9.17) is 4.74 Å². The lowest BCUT2D eigenvalue weighted by atomic mass is 10.2. The Hall–Kier alpha value is -0.900. The van der Waals surface area contributed by atoms with Crippen molar-refractivity contribution in [3.63, 3.8) is 0 Å². The molecule has 2 aliphatic heterocycles. The van der Waals surface area contributed by atoms with E-state index in [2.05, 4.69) is 10.3 Å². The maximum atomic E-state index is 11.1. The summed E-state index contributed by atoms with van der Waals surface area (Å²) in [5.41, 5.74) is 0. The van der Waals surface area contributed by atoms with Crippen LogP contribution in [0.3, 0.4) is 0 Å². The highest BCUT2D eigenvalue weighted by molar-refractivity contribution is 6.07. The zero-order valence-electron chi connectivity index (χ0n) is 7.04. The van der Waals surface area contributed by atoms with Crippen molar-refractivity contribution in [2.75, 3.05) is 6.61 Å². The Morgan fingerprint density at radius 2 is 2.50 bits per heavy atom. The molecule has 66 valence electrons. The van der Waals surface area contributed by atoms with Crippen LogP contribution in [0.1, 0.15) is 19.8 Å². The number of amidine groups is 1. The van der Waals surface area contributed by atoms with Crippen LogP contribution in [0.25, 0.3) is 0 Å². The number of hydrogen-bond donors (Lipinski definition) is 1. The molecule has 0 aromatic heterocycles. The molecule has 0 bridgehead atoms. The Balaban J connectivity index is 2.05. The van der Waals surface area contributed by atoms with E-state index in [1.165, 1.54) is 0 Å². The molecule has 0 spiro atoms. The second-order valence-electron chi connectivity index (χ2n) is 3.18. The normalized spacial score (nSPS) is 35.1. The van der Waals surface area contributed by atoms with E-state index in [9.17, 15) is 4.79 Å². The molecule has 0 radical (unpaired) electrons. The van der Waals surface area contributed by atoms with Crippen LogP contribution in [0.5, 0.6) is 0 Å². The number of rotatable bonds is 1. The third-order valence-electron chi connectivity index (χ3n) is 2.20. The second kappa shape index (κ2) is 2.86. The first-order valence-electron chi connectivity index (χ1n) is 4.27. The summed E-state index contributed by atoms with van der Waals surface area (Å²) in [5.74, 6) is 0.713. The Kier molecular flexibility index (Phi) is 1.84. The van der Waals surface area contributed by atoms with Crippen molar-refractivity contribution in [2.24, 2.45) is 4.99 Å². The van der Waals surface area contributed by atoms with Gasteiger partial charge >= 0.3 is 0 Å². The highest BCUT2D eigenvalue weighted by Crippen LogP contribution is 2.15. The van der Waals surface area contributed by atoms with E-state index in [-0.39, 0.29) is 18.1 Å². The van der Waals surface area contributed by atoms with Crippen LogP contribution in [-0.4, -0.2) is 30.5 Å². The van der Waals surface area contributed by atoms with Gasteiger partial charge in [0.05, 0.1) is 0 Å². The molecule has 1 fully saturated rings. The monoisotopic (exact) mass is 168 g/mol. The average Bonchev–Trinajstić information content (AvgIpc) is 2.61. The molecule has 1 amide bonds. The molecule has 2 rings (SSSR count). The van der Waals surface area contributed by atoms with Crippen LogP contribution < -0.4 is 5.32 Å². The van der Waals surface area contributed by atoms with Gasteiger partial charge in [0, 0.05) is 6.61 Å². The van der Waals surface area contributed by atoms with Crippen LogP contribution in [0.15, 0.2) is 4.99 Å². The van der Waals surface area contributed by atoms with Gasteiger partial charge in [-0.05, 0) is 19.8 Å². The number of nitrogens with zero attached hydrogens (tertiary/aromatic N) is 1. The summed E-state index contributed by atoms with van der Waals surface area (Å²) in [5, 5.41) is 2.73. The average molecular weight is 168 g/mol. The maximum absolute atomic E-state index is 11.1. The van der Waals surface area contributed by atoms with Gasteiger partial charge in [-0.15, -0.1) is 0 Å². The lowest BCUT2D eigenvalue weighted by Gasteiger charge is -2.07. The number of aliphatic imine (C=N–C) groups is 1. The van der Waals surface area contributed by atoms with Gasteiger partial charge in [-0.2, -0.15) is 0 Å². The molecular formula is C8H12N2O2. The SMILES string of the molecule is CC1N=C(C2CCCO2)NC1=O. The Morgan fingerprint density at radius 1 is 1.67 bits per heavy atom. The van der Waals surface area contributed by atoms with Crippen molar-refractivity contribution in [3.8, 4) is 0 Å². The van der Waals surface area contributed by atoms with Crippen LogP contribution in [-0.2, 0) is 9.53 Å². The largest absolute Gasteiger partial charge is 0.370 e. The second-order valence-corrected chi connectivity index (χ2v) is 3.18. The number of carbonyl (C=O) groups is 1. The highest BCUT2D eigenvalue weighted by atomic mass is 16.5. The van der Waals surface area contributed by atoms with E-state index >= 15 is 0 Å². The minimum atomic E-state index is -0.232. The molecule has 2 unspecified atom stereocenters. The van der Waals surface area contributed by atoms with Gasteiger partial charge in [-0.1, -0.05) is 0 Å². The van der Waals surface area contributed by atoms with Gasteiger partial charge in [0.2, 0.25) is 5.91 Å². The predicted octanol–water partition coefficient (Wildman–Crippen LogP) is 0.0822. The number of ether oxygens (including phenoxy) is 1. The topological polar surface area (TPSA) is 50.7 Å². The van der Waals surface area contributed by atoms with Crippen molar-refractivity contribution in [1.29, 1.82) is 0 Å². The van der Waals surface area contributed by atoms with Crippen LogP contribution in [0.4, 0.5) is 0 Å². The molecule has 2 aliphatic rings. The maximum Gasteiger partial charge on any atom is 0.249 e.